The topological polar surface area (TPSA) is 9.86 Å². The highest BCUT2D eigenvalue weighted by Gasteiger charge is 2.18. The van der Waals surface area contributed by atoms with Crippen molar-refractivity contribution in [3.8, 4) is 0 Å². The van der Waals surface area contributed by atoms with Gasteiger partial charge < -0.3 is 9.13 Å². The summed E-state index contributed by atoms with van der Waals surface area (Å²) in [6, 6.07) is 27.8. The zero-order valence-electron chi connectivity index (χ0n) is 17.4. The van der Waals surface area contributed by atoms with Crippen LogP contribution in [0.3, 0.4) is 0 Å². The van der Waals surface area contributed by atoms with E-state index in [1.807, 2.05) is 0 Å². The second-order valence-electron chi connectivity index (χ2n) is 8.49. The number of aromatic nitrogens is 2. The van der Waals surface area contributed by atoms with Crippen LogP contribution in [0.5, 0.6) is 0 Å². The standard InChI is InChI=1S/C13H11N.C13H17N/c1-14-12-8-4-2-6-10(12)11-7-3-5-9-13(11)14;1-13(2,3)12-9-10-7-5-6-8-11(10)14(12)4/h2-9H,1H3;5-9H,1-4H3. The number of para-hydroxylation sites is 3. The normalized spacial score (nSPS) is 11.8. The summed E-state index contributed by atoms with van der Waals surface area (Å²) in [6.07, 6.45) is 0. The summed E-state index contributed by atoms with van der Waals surface area (Å²) in [4.78, 5) is 0. The molecule has 28 heavy (non-hydrogen) atoms. The van der Waals surface area contributed by atoms with Gasteiger partial charge in [0.05, 0.1) is 0 Å². The van der Waals surface area contributed by atoms with Crippen LogP contribution < -0.4 is 0 Å². The minimum Gasteiger partial charge on any atom is -0.347 e. The fourth-order valence-corrected chi connectivity index (χ4v) is 4.13. The van der Waals surface area contributed by atoms with E-state index in [9.17, 15) is 0 Å². The molecule has 2 heterocycles. The Kier molecular flexibility index (Phi) is 4.50. The third-order valence-electron chi connectivity index (χ3n) is 5.54. The molecule has 0 aliphatic rings. The molecule has 2 heteroatoms. The minimum atomic E-state index is 0.216. The van der Waals surface area contributed by atoms with Crippen LogP contribution in [0.2, 0.25) is 0 Å². The Labute approximate surface area is 167 Å². The summed E-state index contributed by atoms with van der Waals surface area (Å²) in [7, 11) is 4.26. The van der Waals surface area contributed by atoms with E-state index in [1.165, 1.54) is 38.4 Å². The van der Waals surface area contributed by atoms with Gasteiger partial charge in [0.15, 0.2) is 0 Å². The number of fused-ring (bicyclic) bond motifs is 4. The van der Waals surface area contributed by atoms with Gasteiger partial charge in [-0.3, -0.25) is 0 Å². The Balaban J connectivity index is 0.000000137. The van der Waals surface area contributed by atoms with Crippen LogP contribution in [0.25, 0.3) is 32.7 Å². The van der Waals surface area contributed by atoms with Crippen molar-refractivity contribution in [3.05, 3.63) is 84.6 Å². The third-order valence-corrected chi connectivity index (χ3v) is 5.54. The Hall–Kier alpha value is -3.00. The van der Waals surface area contributed by atoms with Crippen LogP contribution in [0.4, 0.5) is 0 Å². The first kappa shape index (κ1) is 18.4. The van der Waals surface area contributed by atoms with Gasteiger partial charge in [0.2, 0.25) is 0 Å². The van der Waals surface area contributed by atoms with Gasteiger partial charge in [0, 0.05) is 52.5 Å². The van der Waals surface area contributed by atoms with Crippen LogP contribution in [0.1, 0.15) is 26.5 Å². The molecule has 0 aliphatic carbocycles. The van der Waals surface area contributed by atoms with Gasteiger partial charge in [-0.1, -0.05) is 75.4 Å². The maximum atomic E-state index is 2.29. The van der Waals surface area contributed by atoms with Crippen LogP contribution in [-0.2, 0) is 19.5 Å². The van der Waals surface area contributed by atoms with Crippen molar-refractivity contribution in [2.45, 2.75) is 26.2 Å². The molecule has 0 aliphatic heterocycles. The van der Waals surface area contributed by atoms with E-state index in [1.54, 1.807) is 0 Å². The van der Waals surface area contributed by atoms with E-state index in [0.29, 0.717) is 0 Å². The predicted octanol–water partition coefficient (Wildman–Crippen LogP) is 6.81. The summed E-state index contributed by atoms with van der Waals surface area (Å²) in [5.41, 5.74) is 5.52. The summed E-state index contributed by atoms with van der Waals surface area (Å²) in [6.45, 7) is 6.75. The lowest BCUT2D eigenvalue weighted by Crippen LogP contribution is -2.15. The van der Waals surface area contributed by atoms with Gasteiger partial charge in [0.25, 0.3) is 0 Å². The van der Waals surface area contributed by atoms with Crippen LogP contribution in [0.15, 0.2) is 78.9 Å². The quantitative estimate of drug-likeness (QED) is 0.284. The zero-order valence-corrected chi connectivity index (χ0v) is 17.4. The molecule has 2 aromatic heterocycles. The van der Waals surface area contributed by atoms with Crippen molar-refractivity contribution in [2.24, 2.45) is 14.1 Å². The molecule has 2 nitrogen and oxygen atoms in total. The first-order valence-corrected chi connectivity index (χ1v) is 9.85. The second-order valence-corrected chi connectivity index (χ2v) is 8.49. The Bertz CT molecular complexity index is 1210. The summed E-state index contributed by atoms with van der Waals surface area (Å²) < 4.78 is 4.53. The fourth-order valence-electron chi connectivity index (χ4n) is 4.13. The first-order chi connectivity index (χ1) is 13.4. The molecule has 0 spiro atoms. The van der Waals surface area contributed by atoms with Gasteiger partial charge >= 0.3 is 0 Å². The molecule has 0 radical (unpaired) electrons. The third kappa shape index (κ3) is 3.09. The van der Waals surface area contributed by atoms with E-state index in [4.69, 9.17) is 0 Å². The van der Waals surface area contributed by atoms with Crippen molar-refractivity contribution in [3.63, 3.8) is 0 Å². The highest BCUT2D eigenvalue weighted by atomic mass is 15.0. The molecule has 0 unspecified atom stereocenters. The Morgan fingerprint density at radius 3 is 1.54 bits per heavy atom. The van der Waals surface area contributed by atoms with Crippen molar-refractivity contribution in [1.29, 1.82) is 0 Å². The number of benzene rings is 3. The monoisotopic (exact) mass is 368 g/mol. The van der Waals surface area contributed by atoms with Crippen LogP contribution >= 0.6 is 0 Å². The number of rotatable bonds is 0. The van der Waals surface area contributed by atoms with E-state index in [0.717, 1.165) is 0 Å². The molecule has 0 saturated carbocycles. The molecule has 5 aromatic rings. The number of aryl methyl sites for hydroxylation is 2. The molecule has 3 aromatic carbocycles. The summed E-state index contributed by atoms with van der Waals surface area (Å²) in [5.74, 6) is 0. The Morgan fingerprint density at radius 2 is 1.04 bits per heavy atom. The SMILES string of the molecule is Cn1c(C(C)(C)C)cc2ccccc21.Cn1c2ccccc2c2ccccc21. The van der Waals surface area contributed by atoms with Crippen molar-refractivity contribution >= 4 is 32.7 Å². The lowest BCUT2D eigenvalue weighted by Gasteiger charge is -2.19. The molecule has 5 rings (SSSR count). The maximum absolute atomic E-state index is 2.29. The van der Waals surface area contributed by atoms with Gasteiger partial charge in [-0.05, 0) is 29.7 Å². The van der Waals surface area contributed by atoms with Gasteiger partial charge in [-0.2, -0.15) is 0 Å². The molecular weight excluding hydrogens is 340 g/mol. The lowest BCUT2D eigenvalue weighted by molar-refractivity contribution is 0.547. The molecule has 0 fully saturated rings. The van der Waals surface area contributed by atoms with Gasteiger partial charge in [0.1, 0.15) is 0 Å². The zero-order chi connectivity index (χ0) is 19.9. The molecule has 0 atom stereocenters. The molecule has 0 amide bonds. The molecule has 0 bridgehead atoms. The molecular formula is C26H28N2. The van der Waals surface area contributed by atoms with Crippen molar-refractivity contribution < 1.29 is 0 Å². The lowest BCUT2D eigenvalue weighted by atomic mass is 9.92. The second kappa shape index (κ2) is 6.87. The number of hydrogen-bond donors (Lipinski definition) is 0. The molecule has 0 N–H and O–H groups in total. The highest BCUT2D eigenvalue weighted by molar-refractivity contribution is 6.07. The average molecular weight is 369 g/mol. The molecule has 142 valence electrons. The molecule has 0 saturated heterocycles. The van der Waals surface area contributed by atoms with E-state index < -0.39 is 0 Å². The minimum absolute atomic E-state index is 0.216. The fraction of sp³-hybridized carbons (Fsp3) is 0.231. The van der Waals surface area contributed by atoms with E-state index in [2.05, 4.69) is 123 Å². The smallest absolute Gasteiger partial charge is 0.0488 e. The van der Waals surface area contributed by atoms with Crippen LogP contribution in [-0.4, -0.2) is 9.13 Å². The summed E-state index contributed by atoms with van der Waals surface area (Å²) in [5, 5.41) is 4.01. The number of nitrogens with zero attached hydrogens (tertiary/aromatic N) is 2. The Morgan fingerprint density at radius 1 is 0.571 bits per heavy atom. The van der Waals surface area contributed by atoms with E-state index >= 15 is 0 Å². The van der Waals surface area contributed by atoms with Crippen molar-refractivity contribution in [1.82, 2.24) is 9.13 Å². The largest absolute Gasteiger partial charge is 0.347 e. The van der Waals surface area contributed by atoms with Gasteiger partial charge in [-0.15, -0.1) is 0 Å². The first-order valence-electron chi connectivity index (χ1n) is 9.85. The van der Waals surface area contributed by atoms with E-state index in [-0.39, 0.29) is 5.41 Å². The van der Waals surface area contributed by atoms with Gasteiger partial charge in [-0.25, -0.2) is 0 Å². The maximum Gasteiger partial charge on any atom is 0.0488 e. The predicted molar refractivity (Wildman–Crippen MR) is 122 cm³/mol. The average Bonchev–Trinajstić information content (AvgIpc) is 3.19. The number of hydrogen-bond acceptors (Lipinski definition) is 0. The highest BCUT2D eigenvalue weighted by Crippen LogP contribution is 2.28. The van der Waals surface area contributed by atoms with Crippen molar-refractivity contribution in [2.75, 3.05) is 0 Å². The summed E-state index contributed by atoms with van der Waals surface area (Å²) >= 11 is 0. The van der Waals surface area contributed by atoms with Crippen LogP contribution in [0, 0.1) is 0 Å².